The van der Waals surface area contributed by atoms with Crippen LogP contribution in [0, 0.1) is 12.3 Å². The largest absolute Gasteiger partial charge is 0.322 e. The van der Waals surface area contributed by atoms with E-state index in [4.69, 9.17) is 6.42 Å². The molecule has 2 amide bonds. The van der Waals surface area contributed by atoms with E-state index < -0.39 is 0 Å². The van der Waals surface area contributed by atoms with Gasteiger partial charge in [0.2, 0.25) is 0 Å². The molecule has 1 unspecified atom stereocenters. The molecule has 0 saturated carbocycles. The molecule has 3 rings (SSSR count). The van der Waals surface area contributed by atoms with E-state index in [1.54, 1.807) is 4.90 Å². The summed E-state index contributed by atoms with van der Waals surface area (Å²) in [4.78, 5) is 15.9. The number of urea groups is 1. The van der Waals surface area contributed by atoms with E-state index in [1.807, 2.05) is 11.0 Å². The second-order valence-electron chi connectivity index (χ2n) is 5.74. The Morgan fingerprint density at radius 3 is 2.86 bits per heavy atom. The first-order valence-electron chi connectivity index (χ1n) is 7.74. The van der Waals surface area contributed by atoms with Gasteiger partial charge in [-0.25, -0.2) is 4.79 Å². The number of carbonyl (C=O) groups is 1. The molecule has 22 heavy (non-hydrogen) atoms. The molecule has 1 N–H and O–H groups in total. The smallest absolute Gasteiger partial charge is 0.312 e. The van der Waals surface area contributed by atoms with Crippen LogP contribution in [0.1, 0.15) is 12.0 Å². The summed E-state index contributed by atoms with van der Waals surface area (Å²) in [6.45, 7) is 2.74. The van der Waals surface area contributed by atoms with Crippen LogP contribution in [0.2, 0.25) is 0 Å². The van der Waals surface area contributed by atoms with Crippen LogP contribution in [0.3, 0.4) is 0 Å². The summed E-state index contributed by atoms with van der Waals surface area (Å²) in [6.07, 6.45) is 9.49. The van der Waals surface area contributed by atoms with Crippen LogP contribution in [0.25, 0.3) is 0 Å². The molecular formula is C18H21N3O. The Bertz CT molecular complexity index is 603. The predicted octanol–water partition coefficient (Wildman–Crippen LogP) is 1.85. The molecule has 2 aliphatic heterocycles. The molecule has 4 nitrogen and oxygen atoms in total. The maximum Gasteiger partial charge on any atom is 0.322 e. The lowest BCUT2D eigenvalue weighted by Crippen LogP contribution is -2.48. The quantitative estimate of drug-likeness (QED) is 0.679. The summed E-state index contributed by atoms with van der Waals surface area (Å²) in [7, 11) is 0. The van der Waals surface area contributed by atoms with Crippen LogP contribution in [-0.2, 0) is 6.42 Å². The van der Waals surface area contributed by atoms with Gasteiger partial charge in [0.15, 0.2) is 0 Å². The summed E-state index contributed by atoms with van der Waals surface area (Å²) < 4.78 is 0. The van der Waals surface area contributed by atoms with Crippen molar-refractivity contribution >= 4 is 6.03 Å². The van der Waals surface area contributed by atoms with Gasteiger partial charge in [0.25, 0.3) is 0 Å². The van der Waals surface area contributed by atoms with Crippen molar-refractivity contribution in [1.82, 2.24) is 15.1 Å². The average Bonchev–Trinajstić information content (AvgIpc) is 2.90. The van der Waals surface area contributed by atoms with Gasteiger partial charge in [0, 0.05) is 19.6 Å². The number of hydrogen-bond acceptors (Lipinski definition) is 2. The lowest BCUT2D eigenvalue weighted by Gasteiger charge is -2.30. The normalized spacial score (nSPS) is 21.7. The Hall–Kier alpha value is -2.25. The van der Waals surface area contributed by atoms with Crippen molar-refractivity contribution < 1.29 is 4.79 Å². The molecule has 1 saturated heterocycles. The zero-order valence-electron chi connectivity index (χ0n) is 12.7. The highest BCUT2D eigenvalue weighted by atomic mass is 16.2. The maximum atomic E-state index is 12.3. The van der Waals surface area contributed by atoms with Crippen molar-refractivity contribution in [1.29, 1.82) is 0 Å². The van der Waals surface area contributed by atoms with Gasteiger partial charge in [-0.15, -0.1) is 6.42 Å². The summed E-state index contributed by atoms with van der Waals surface area (Å²) in [5.74, 6) is 2.55. The van der Waals surface area contributed by atoms with Crippen LogP contribution in [0.15, 0.2) is 42.0 Å². The fraction of sp³-hybridized carbons (Fsp3) is 0.389. The lowest BCUT2D eigenvalue weighted by atomic mass is 9.99. The van der Waals surface area contributed by atoms with Crippen molar-refractivity contribution in [2.45, 2.75) is 19.0 Å². The number of hydrogen-bond donors (Lipinski definition) is 1. The maximum absolute atomic E-state index is 12.3. The van der Waals surface area contributed by atoms with Crippen molar-refractivity contribution in [3.63, 3.8) is 0 Å². The van der Waals surface area contributed by atoms with Gasteiger partial charge in [-0.1, -0.05) is 41.8 Å². The second kappa shape index (κ2) is 6.67. The van der Waals surface area contributed by atoms with Crippen molar-refractivity contribution in [2.75, 3.05) is 26.2 Å². The Morgan fingerprint density at radius 2 is 2.09 bits per heavy atom. The topological polar surface area (TPSA) is 35.6 Å². The van der Waals surface area contributed by atoms with E-state index in [0.29, 0.717) is 13.1 Å². The van der Waals surface area contributed by atoms with Gasteiger partial charge < -0.3 is 9.80 Å². The monoisotopic (exact) mass is 295 g/mol. The summed E-state index contributed by atoms with van der Waals surface area (Å²) >= 11 is 0. The minimum Gasteiger partial charge on any atom is -0.312 e. The van der Waals surface area contributed by atoms with E-state index in [-0.39, 0.29) is 12.2 Å². The molecule has 114 valence electrons. The van der Waals surface area contributed by atoms with Gasteiger partial charge in [0.1, 0.15) is 6.17 Å². The molecule has 4 heteroatoms. The van der Waals surface area contributed by atoms with E-state index in [1.165, 1.54) is 11.1 Å². The molecule has 1 atom stereocenters. The second-order valence-corrected chi connectivity index (χ2v) is 5.74. The number of nitrogens with zero attached hydrogens (tertiary/aromatic N) is 2. The van der Waals surface area contributed by atoms with E-state index in [9.17, 15) is 4.79 Å². The Morgan fingerprint density at radius 1 is 1.27 bits per heavy atom. The van der Waals surface area contributed by atoms with Crippen LogP contribution in [0.4, 0.5) is 4.79 Å². The Balaban J connectivity index is 1.69. The first-order valence-corrected chi connectivity index (χ1v) is 7.74. The number of rotatable bonds is 4. The van der Waals surface area contributed by atoms with E-state index in [2.05, 4.69) is 41.6 Å². The standard InChI is InChI=1S/C18H21N3O/c1-2-10-20-11-12-21(18(20)22)17-14-16(8-9-19-17)13-15-6-4-3-5-7-15/h1,3-7,14,17,19H,8-13H2. The lowest BCUT2D eigenvalue weighted by molar-refractivity contribution is 0.179. The minimum absolute atomic E-state index is 0.0114. The summed E-state index contributed by atoms with van der Waals surface area (Å²) in [5.41, 5.74) is 2.70. The molecule has 0 bridgehead atoms. The SMILES string of the molecule is C#CCN1CCN(C2C=C(Cc3ccccc3)CCN2)C1=O. The van der Waals surface area contributed by atoms with Crippen molar-refractivity contribution in [3.05, 3.63) is 47.5 Å². The van der Waals surface area contributed by atoms with Gasteiger partial charge in [0.05, 0.1) is 6.54 Å². The predicted molar refractivity (Wildman–Crippen MR) is 87.1 cm³/mol. The fourth-order valence-corrected chi connectivity index (χ4v) is 3.07. The molecule has 1 fully saturated rings. The van der Waals surface area contributed by atoms with Crippen LogP contribution in [-0.4, -0.2) is 48.2 Å². The van der Waals surface area contributed by atoms with E-state index in [0.717, 1.165) is 25.9 Å². The highest BCUT2D eigenvalue weighted by molar-refractivity contribution is 5.77. The average molecular weight is 295 g/mol. The fourth-order valence-electron chi connectivity index (χ4n) is 3.07. The van der Waals surface area contributed by atoms with E-state index >= 15 is 0 Å². The first kappa shape index (κ1) is 14.7. The van der Waals surface area contributed by atoms with Gasteiger partial charge in [-0.2, -0.15) is 0 Å². The highest BCUT2D eigenvalue weighted by Gasteiger charge is 2.33. The van der Waals surface area contributed by atoms with Crippen LogP contribution >= 0.6 is 0 Å². The van der Waals surface area contributed by atoms with Crippen molar-refractivity contribution in [3.8, 4) is 12.3 Å². The Labute approximate surface area is 131 Å². The van der Waals surface area contributed by atoms with Crippen LogP contribution in [0.5, 0.6) is 0 Å². The van der Waals surface area contributed by atoms with Crippen molar-refractivity contribution in [2.24, 2.45) is 0 Å². The first-order chi connectivity index (χ1) is 10.8. The molecule has 0 aromatic heterocycles. The Kier molecular flexibility index (Phi) is 4.45. The van der Waals surface area contributed by atoms with Gasteiger partial charge in [-0.3, -0.25) is 5.32 Å². The zero-order chi connectivity index (χ0) is 15.4. The molecule has 0 radical (unpaired) electrons. The minimum atomic E-state index is -0.0114. The number of nitrogens with one attached hydrogen (secondary N) is 1. The molecule has 0 aliphatic carbocycles. The molecule has 1 aromatic rings. The third kappa shape index (κ3) is 3.15. The van der Waals surface area contributed by atoms with Gasteiger partial charge >= 0.3 is 6.03 Å². The summed E-state index contributed by atoms with van der Waals surface area (Å²) in [6, 6.07) is 10.5. The molecule has 2 aliphatic rings. The van der Waals surface area contributed by atoms with Gasteiger partial charge in [-0.05, 0) is 24.5 Å². The number of carbonyl (C=O) groups excluding carboxylic acids is 1. The zero-order valence-corrected chi connectivity index (χ0v) is 12.7. The number of benzene rings is 1. The molecule has 1 aromatic carbocycles. The molecular weight excluding hydrogens is 274 g/mol. The summed E-state index contributed by atoms with van der Waals surface area (Å²) in [5, 5.41) is 3.42. The third-order valence-electron chi connectivity index (χ3n) is 4.21. The number of terminal acetylenes is 1. The molecule has 2 heterocycles. The van der Waals surface area contributed by atoms with Crippen LogP contribution < -0.4 is 5.32 Å². The highest BCUT2D eigenvalue weighted by Crippen LogP contribution is 2.19. The molecule has 0 spiro atoms. The number of amides is 2. The third-order valence-corrected chi connectivity index (χ3v) is 4.21.